The standard InChI is InChI=1S/C37H34BNO2/c1-35(2)36(3,4)41-38(40-35)33-21-13-19-28(34(33)39)25-22-23-32-30(24-25)29-18-11-12-20-31(29)37(32,26-14-7-5-8-15-26)27-16-9-6-10-17-27/h5-24H,39H2,1-4H3. The first-order valence-corrected chi connectivity index (χ1v) is 14.3. The van der Waals surface area contributed by atoms with Gasteiger partial charge >= 0.3 is 7.12 Å². The Bertz CT molecular complexity index is 1710. The summed E-state index contributed by atoms with van der Waals surface area (Å²) >= 11 is 0. The fourth-order valence-electron chi connectivity index (χ4n) is 6.63. The quantitative estimate of drug-likeness (QED) is 0.187. The van der Waals surface area contributed by atoms with E-state index in [4.69, 9.17) is 15.0 Å². The van der Waals surface area contributed by atoms with Gasteiger partial charge in [-0.2, -0.15) is 0 Å². The molecule has 0 amide bonds. The van der Waals surface area contributed by atoms with Gasteiger partial charge in [-0.3, -0.25) is 0 Å². The van der Waals surface area contributed by atoms with Crippen LogP contribution in [0.5, 0.6) is 0 Å². The lowest BCUT2D eigenvalue weighted by molar-refractivity contribution is 0.00578. The number of fused-ring (bicyclic) bond motifs is 3. The van der Waals surface area contributed by atoms with Gasteiger partial charge < -0.3 is 15.0 Å². The predicted octanol–water partition coefficient (Wildman–Crippen LogP) is 7.60. The first-order valence-electron chi connectivity index (χ1n) is 14.3. The van der Waals surface area contributed by atoms with E-state index in [0.717, 1.165) is 16.6 Å². The molecule has 2 aliphatic rings. The molecule has 1 saturated heterocycles. The molecular formula is C37H34BNO2. The number of para-hydroxylation sites is 1. The average Bonchev–Trinajstić information content (AvgIpc) is 3.40. The normalized spacial score (nSPS) is 17.7. The van der Waals surface area contributed by atoms with E-state index in [0.29, 0.717) is 5.69 Å². The van der Waals surface area contributed by atoms with Crippen LogP contribution in [0.15, 0.2) is 121 Å². The zero-order valence-corrected chi connectivity index (χ0v) is 24.0. The molecule has 0 unspecified atom stereocenters. The molecule has 1 heterocycles. The van der Waals surface area contributed by atoms with Gasteiger partial charge in [-0.15, -0.1) is 0 Å². The first kappa shape index (κ1) is 25.8. The van der Waals surface area contributed by atoms with Gasteiger partial charge in [0.05, 0.1) is 16.6 Å². The van der Waals surface area contributed by atoms with Crippen LogP contribution in [-0.4, -0.2) is 18.3 Å². The van der Waals surface area contributed by atoms with E-state index in [2.05, 4.69) is 137 Å². The number of hydrogen-bond donors (Lipinski definition) is 1. The summed E-state index contributed by atoms with van der Waals surface area (Å²) in [6.07, 6.45) is 0. The van der Waals surface area contributed by atoms with E-state index in [1.54, 1.807) is 0 Å². The molecule has 0 saturated carbocycles. The Morgan fingerprint density at radius 1 is 0.537 bits per heavy atom. The predicted molar refractivity (Wildman–Crippen MR) is 169 cm³/mol. The van der Waals surface area contributed by atoms with Crippen LogP contribution in [0.25, 0.3) is 22.3 Å². The summed E-state index contributed by atoms with van der Waals surface area (Å²) in [5.41, 5.74) is 16.8. The molecule has 5 aromatic carbocycles. The summed E-state index contributed by atoms with van der Waals surface area (Å²) in [5.74, 6) is 0. The SMILES string of the molecule is CC1(C)OB(c2cccc(-c3ccc4c(c3)-c3ccccc3C4(c3ccccc3)c3ccccc3)c2N)OC1(C)C. The zero-order valence-electron chi connectivity index (χ0n) is 24.0. The highest BCUT2D eigenvalue weighted by molar-refractivity contribution is 6.64. The molecule has 0 radical (unpaired) electrons. The van der Waals surface area contributed by atoms with Crippen molar-refractivity contribution in [1.82, 2.24) is 0 Å². The number of benzene rings is 5. The van der Waals surface area contributed by atoms with Gasteiger partial charge in [0.2, 0.25) is 0 Å². The Balaban J connectivity index is 1.42. The molecule has 1 fully saturated rings. The summed E-state index contributed by atoms with van der Waals surface area (Å²) in [5, 5.41) is 0. The molecule has 0 atom stereocenters. The molecule has 202 valence electrons. The van der Waals surface area contributed by atoms with Gasteiger partial charge in [-0.25, -0.2) is 0 Å². The lowest BCUT2D eigenvalue weighted by atomic mass is 9.67. The Hall–Kier alpha value is -4.12. The van der Waals surface area contributed by atoms with E-state index in [-0.39, 0.29) is 0 Å². The van der Waals surface area contributed by atoms with Gasteiger partial charge in [0.25, 0.3) is 0 Å². The van der Waals surface area contributed by atoms with E-state index in [9.17, 15) is 0 Å². The Labute approximate surface area is 243 Å². The zero-order chi connectivity index (χ0) is 28.4. The van der Waals surface area contributed by atoms with Crippen LogP contribution >= 0.6 is 0 Å². The van der Waals surface area contributed by atoms with Crippen molar-refractivity contribution in [2.75, 3.05) is 5.73 Å². The maximum Gasteiger partial charge on any atom is 0.496 e. The third-order valence-electron chi connectivity index (χ3n) is 9.42. The Morgan fingerprint density at radius 2 is 1.07 bits per heavy atom. The van der Waals surface area contributed by atoms with Crippen molar-refractivity contribution in [2.45, 2.75) is 44.3 Å². The fourth-order valence-corrected chi connectivity index (χ4v) is 6.63. The number of nitrogen functional groups attached to an aromatic ring is 1. The molecule has 0 bridgehead atoms. The van der Waals surface area contributed by atoms with Gasteiger partial charge in [0.1, 0.15) is 0 Å². The van der Waals surface area contributed by atoms with Crippen molar-refractivity contribution in [1.29, 1.82) is 0 Å². The van der Waals surface area contributed by atoms with Crippen LogP contribution in [0.1, 0.15) is 49.9 Å². The Kier molecular flexibility index (Phi) is 5.80. The van der Waals surface area contributed by atoms with Crippen LogP contribution < -0.4 is 11.2 Å². The highest BCUT2D eigenvalue weighted by Gasteiger charge is 2.52. The minimum atomic E-state index is -0.515. The largest absolute Gasteiger partial charge is 0.496 e. The second-order valence-corrected chi connectivity index (χ2v) is 12.2. The lowest BCUT2D eigenvalue weighted by Crippen LogP contribution is -2.41. The van der Waals surface area contributed by atoms with Crippen molar-refractivity contribution >= 4 is 18.3 Å². The van der Waals surface area contributed by atoms with Crippen molar-refractivity contribution in [3.8, 4) is 22.3 Å². The second kappa shape index (κ2) is 9.20. The van der Waals surface area contributed by atoms with Gasteiger partial charge in [0, 0.05) is 16.7 Å². The van der Waals surface area contributed by atoms with Gasteiger partial charge in [0.15, 0.2) is 0 Å². The third-order valence-corrected chi connectivity index (χ3v) is 9.42. The van der Waals surface area contributed by atoms with E-state index >= 15 is 0 Å². The van der Waals surface area contributed by atoms with Gasteiger partial charge in [-0.1, -0.05) is 115 Å². The summed E-state index contributed by atoms with van der Waals surface area (Å²) in [6, 6.07) is 43.5. The molecule has 0 aromatic heterocycles. The molecular weight excluding hydrogens is 501 g/mol. The lowest BCUT2D eigenvalue weighted by Gasteiger charge is -2.33. The summed E-state index contributed by atoms with van der Waals surface area (Å²) in [7, 11) is -0.515. The van der Waals surface area contributed by atoms with Crippen molar-refractivity contribution in [3.63, 3.8) is 0 Å². The molecule has 3 nitrogen and oxygen atoms in total. The first-order chi connectivity index (χ1) is 19.7. The van der Waals surface area contributed by atoms with Crippen molar-refractivity contribution < 1.29 is 9.31 Å². The molecule has 2 N–H and O–H groups in total. The highest BCUT2D eigenvalue weighted by Crippen LogP contribution is 2.56. The number of anilines is 1. The topological polar surface area (TPSA) is 44.5 Å². The molecule has 4 heteroatoms. The highest BCUT2D eigenvalue weighted by atomic mass is 16.7. The van der Waals surface area contributed by atoms with Crippen LogP contribution in [0.2, 0.25) is 0 Å². The fraction of sp³-hybridized carbons (Fsp3) is 0.189. The van der Waals surface area contributed by atoms with Gasteiger partial charge in [-0.05, 0) is 72.7 Å². The molecule has 1 aliphatic carbocycles. The molecule has 7 rings (SSSR count). The minimum absolute atomic E-state index is 0.414. The minimum Gasteiger partial charge on any atom is -0.399 e. The molecule has 0 spiro atoms. The maximum atomic E-state index is 6.89. The summed E-state index contributed by atoms with van der Waals surface area (Å²) in [4.78, 5) is 0. The second-order valence-electron chi connectivity index (χ2n) is 12.2. The molecule has 5 aromatic rings. The summed E-state index contributed by atoms with van der Waals surface area (Å²) in [6.45, 7) is 8.26. The van der Waals surface area contributed by atoms with Crippen LogP contribution in [0.4, 0.5) is 5.69 Å². The van der Waals surface area contributed by atoms with E-state index < -0.39 is 23.7 Å². The molecule has 1 aliphatic heterocycles. The van der Waals surface area contributed by atoms with Crippen molar-refractivity contribution in [3.05, 3.63) is 144 Å². The van der Waals surface area contributed by atoms with Crippen molar-refractivity contribution in [2.24, 2.45) is 0 Å². The van der Waals surface area contributed by atoms with Crippen LogP contribution in [0, 0.1) is 0 Å². The average molecular weight is 535 g/mol. The monoisotopic (exact) mass is 535 g/mol. The number of nitrogens with two attached hydrogens (primary N) is 1. The van der Waals surface area contributed by atoms with Crippen LogP contribution in [-0.2, 0) is 14.7 Å². The number of hydrogen-bond acceptors (Lipinski definition) is 3. The number of rotatable bonds is 4. The third kappa shape index (κ3) is 3.75. The summed E-state index contributed by atoms with van der Waals surface area (Å²) < 4.78 is 12.7. The maximum absolute atomic E-state index is 6.89. The van der Waals surface area contributed by atoms with E-state index in [1.165, 1.54) is 33.4 Å². The van der Waals surface area contributed by atoms with Crippen LogP contribution in [0.3, 0.4) is 0 Å². The Morgan fingerprint density at radius 3 is 1.71 bits per heavy atom. The van der Waals surface area contributed by atoms with E-state index in [1.807, 2.05) is 12.1 Å². The molecule has 41 heavy (non-hydrogen) atoms. The smallest absolute Gasteiger partial charge is 0.399 e.